The third kappa shape index (κ3) is 3.82. The highest BCUT2D eigenvalue weighted by atomic mass is 32.2. The Morgan fingerprint density at radius 3 is 2.89 bits per heavy atom. The van der Waals surface area contributed by atoms with Crippen LogP contribution in [0.4, 0.5) is 0 Å². The minimum Gasteiger partial charge on any atom is -0.320 e. The molecule has 0 atom stereocenters. The van der Waals surface area contributed by atoms with E-state index in [-0.39, 0.29) is 0 Å². The number of rotatable bonds is 6. The number of hydrogen-bond donors (Lipinski definition) is 0. The zero-order valence-electron chi connectivity index (χ0n) is 10.7. The molecule has 0 aliphatic heterocycles. The van der Waals surface area contributed by atoms with Crippen LogP contribution in [0.15, 0.2) is 36.1 Å². The maximum absolute atomic E-state index is 4.37. The van der Waals surface area contributed by atoms with Crippen LogP contribution >= 0.6 is 11.8 Å². The molecule has 0 fully saturated rings. The van der Waals surface area contributed by atoms with Crippen molar-refractivity contribution in [3.8, 4) is 0 Å². The first-order valence-corrected chi connectivity index (χ1v) is 6.78. The Bertz CT molecular complexity index is 468. The van der Waals surface area contributed by atoms with Crippen molar-refractivity contribution in [2.75, 3.05) is 26.4 Å². The summed E-state index contributed by atoms with van der Waals surface area (Å²) < 4.78 is 2.11. The summed E-state index contributed by atoms with van der Waals surface area (Å²) in [6, 6.07) is 1.92. The molecule has 2 aromatic rings. The van der Waals surface area contributed by atoms with Crippen molar-refractivity contribution < 1.29 is 0 Å². The van der Waals surface area contributed by atoms with Crippen molar-refractivity contribution in [2.45, 2.75) is 11.7 Å². The Balaban J connectivity index is 1.95. The number of thioether (sulfide) groups is 1. The van der Waals surface area contributed by atoms with Crippen LogP contribution in [-0.4, -0.2) is 50.8 Å². The van der Waals surface area contributed by atoms with Gasteiger partial charge in [0.05, 0.1) is 12.2 Å². The molecule has 0 unspecified atom stereocenters. The highest BCUT2D eigenvalue weighted by Crippen LogP contribution is 2.16. The highest BCUT2D eigenvalue weighted by Gasteiger charge is 2.05. The summed E-state index contributed by atoms with van der Waals surface area (Å²) in [4.78, 5) is 14.7. The van der Waals surface area contributed by atoms with E-state index in [0.717, 1.165) is 29.7 Å². The average molecular weight is 263 g/mol. The summed E-state index contributed by atoms with van der Waals surface area (Å²) >= 11 is 1.77. The zero-order chi connectivity index (χ0) is 12.8. The van der Waals surface area contributed by atoms with Gasteiger partial charge < -0.3 is 9.47 Å². The minimum atomic E-state index is 0.743. The van der Waals surface area contributed by atoms with E-state index >= 15 is 0 Å². The quantitative estimate of drug-likeness (QED) is 0.737. The summed E-state index contributed by atoms with van der Waals surface area (Å²) in [6.07, 6.45) is 7.16. The fourth-order valence-corrected chi connectivity index (χ4v) is 2.53. The van der Waals surface area contributed by atoms with Crippen LogP contribution in [0, 0.1) is 0 Å². The van der Waals surface area contributed by atoms with Crippen molar-refractivity contribution in [3.05, 3.63) is 36.7 Å². The second kappa shape index (κ2) is 6.51. The summed E-state index contributed by atoms with van der Waals surface area (Å²) in [7, 11) is 4.15. The smallest absolute Gasteiger partial charge is 0.168 e. The zero-order valence-corrected chi connectivity index (χ0v) is 11.5. The number of aromatic nitrogens is 4. The molecule has 0 spiro atoms. The van der Waals surface area contributed by atoms with Gasteiger partial charge in [0, 0.05) is 30.9 Å². The van der Waals surface area contributed by atoms with Gasteiger partial charge in [-0.3, -0.25) is 0 Å². The molecular formula is C12H17N5S. The topological polar surface area (TPSA) is 46.8 Å². The Morgan fingerprint density at radius 1 is 1.28 bits per heavy atom. The standard InChI is InChI=1S/C12H17N5S/c1-16(2)7-8-18-12-14-5-6-17(12)9-11-3-4-13-10-15-11/h3-6,10H,7-9H2,1-2H3. The normalized spacial score (nSPS) is 11.1. The first-order chi connectivity index (χ1) is 8.75. The summed E-state index contributed by atoms with van der Waals surface area (Å²) in [5.74, 6) is 1.04. The van der Waals surface area contributed by atoms with Crippen molar-refractivity contribution in [1.82, 2.24) is 24.4 Å². The lowest BCUT2D eigenvalue weighted by atomic mass is 10.4. The molecule has 2 rings (SSSR count). The number of nitrogens with zero attached hydrogens (tertiary/aromatic N) is 5. The van der Waals surface area contributed by atoms with Crippen LogP contribution in [0.3, 0.4) is 0 Å². The van der Waals surface area contributed by atoms with Gasteiger partial charge in [-0.2, -0.15) is 0 Å². The summed E-state index contributed by atoms with van der Waals surface area (Å²) in [5.41, 5.74) is 0.998. The molecule has 5 nitrogen and oxygen atoms in total. The first-order valence-electron chi connectivity index (χ1n) is 5.79. The van der Waals surface area contributed by atoms with Crippen LogP contribution in [0.5, 0.6) is 0 Å². The molecule has 0 amide bonds. The molecule has 0 saturated carbocycles. The van der Waals surface area contributed by atoms with Gasteiger partial charge >= 0.3 is 0 Å². The van der Waals surface area contributed by atoms with E-state index in [2.05, 4.69) is 38.5 Å². The number of imidazole rings is 1. The van der Waals surface area contributed by atoms with E-state index in [1.807, 2.05) is 18.5 Å². The average Bonchev–Trinajstić information content (AvgIpc) is 2.78. The molecule has 18 heavy (non-hydrogen) atoms. The Kier molecular flexibility index (Phi) is 4.72. The molecule has 0 bridgehead atoms. The maximum Gasteiger partial charge on any atom is 0.168 e. The van der Waals surface area contributed by atoms with Crippen molar-refractivity contribution >= 4 is 11.8 Å². The molecule has 0 aliphatic rings. The molecule has 2 heterocycles. The van der Waals surface area contributed by atoms with Gasteiger partial charge in [-0.05, 0) is 20.2 Å². The van der Waals surface area contributed by atoms with E-state index in [0.29, 0.717) is 0 Å². The maximum atomic E-state index is 4.37. The molecule has 96 valence electrons. The molecule has 6 heteroatoms. The molecule has 0 aromatic carbocycles. The van der Waals surface area contributed by atoms with E-state index in [4.69, 9.17) is 0 Å². The fraction of sp³-hybridized carbons (Fsp3) is 0.417. The summed E-state index contributed by atoms with van der Waals surface area (Å²) in [5, 5.41) is 1.04. The molecule has 0 N–H and O–H groups in total. The molecule has 0 saturated heterocycles. The van der Waals surface area contributed by atoms with Crippen LogP contribution < -0.4 is 0 Å². The Morgan fingerprint density at radius 2 is 2.17 bits per heavy atom. The van der Waals surface area contributed by atoms with E-state index in [1.54, 1.807) is 24.3 Å². The van der Waals surface area contributed by atoms with Gasteiger partial charge in [0.25, 0.3) is 0 Å². The lowest BCUT2D eigenvalue weighted by Gasteiger charge is -2.09. The van der Waals surface area contributed by atoms with Gasteiger partial charge in [-0.15, -0.1) is 0 Å². The van der Waals surface area contributed by atoms with E-state index < -0.39 is 0 Å². The van der Waals surface area contributed by atoms with Crippen LogP contribution in [-0.2, 0) is 6.54 Å². The van der Waals surface area contributed by atoms with Crippen LogP contribution in [0.2, 0.25) is 0 Å². The third-order valence-electron chi connectivity index (χ3n) is 2.42. The molecule has 0 aliphatic carbocycles. The van der Waals surface area contributed by atoms with Gasteiger partial charge in [-0.1, -0.05) is 11.8 Å². The van der Waals surface area contributed by atoms with Crippen molar-refractivity contribution in [1.29, 1.82) is 0 Å². The van der Waals surface area contributed by atoms with Gasteiger partial charge in [0.2, 0.25) is 0 Å². The number of hydrogen-bond acceptors (Lipinski definition) is 5. The Labute approximate surface area is 111 Å². The lowest BCUT2D eigenvalue weighted by Crippen LogP contribution is -2.15. The SMILES string of the molecule is CN(C)CCSc1nccn1Cc1ccncn1. The van der Waals surface area contributed by atoms with Crippen LogP contribution in [0.1, 0.15) is 5.69 Å². The van der Waals surface area contributed by atoms with Crippen LogP contribution in [0.25, 0.3) is 0 Å². The van der Waals surface area contributed by atoms with E-state index in [1.165, 1.54) is 0 Å². The highest BCUT2D eigenvalue weighted by molar-refractivity contribution is 7.99. The second-order valence-electron chi connectivity index (χ2n) is 4.19. The fourth-order valence-electron chi connectivity index (χ4n) is 1.46. The van der Waals surface area contributed by atoms with Gasteiger partial charge in [-0.25, -0.2) is 15.0 Å². The largest absolute Gasteiger partial charge is 0.320 e. The van der Waals surface area contributed by atoms with Crippen molar-refractivity contribution in [2.24, 2.45) is 0 Å². The van der Waals surface area contributed by atoms with Gasteiger partial charge in [0.1, 0.15) is 6.33 Å². The predicted octanol–water partition coefficient (Wildman–Crippen LogP) is 1.38. The molecule has 0 radical (unpaired) electrons. The lowest BCUT2D eigenvalue weighted by molar-refractivity contribution is 0.437. The minimum absolute atomic E-state index is 0.743. The summed E-state index contributed by atoms with van der Waals surface area (Å²) in [6.45, 7) is 1.79. The molecular weight excluding hydrogens is 246 g/mol. The molecule has 2 aromatic heterocycles. The predicted molar refractivity (Wildman–Crippen MR) is 72.6 cm³/mol. The van der Waals surface area contributed by atoms with Crippen molar-refractivity contribution in [3.63, 3.8) is 0 Å². The first kappa shape index (κ1) is 13.0. The monoisotopic (exact) mass is 263 g/mol. The Hall–Kier alpha value is -1.40. The third-order valence-corrected chi connectivity index (χ3v) is 3.41. The second-order valence-corrected chi connectivity index (χ2v) is 5.25. The van der Waals surface area contributed by atoms with Gasteiger partial charge in [0.15, 0.2) is 5.16 Å². The van der Waals surface area contributed by atoms with E-state index in [9.17, 15) is 0 Å².